The predicted molar refractivity (Wildman–Crippen MR) is 36.5 cm³/mol. The van der Waals surface area contributed by atoms with Crippen molar-refractivity contribution in [3.8, 4) is 0 Å². The van der Waals surface area contributed by atoms with Crippen LogP contribution in [0.1, 0.15) is 5.69 Å². The molecular formula is C6H3ClF3N2. The second-order valence-electron chi connectivity index (χ2n) is 1.95. The van der Waals surface area contributed by atoms with Gasteiger partial charge in [0.15, 0.2) is 0 Å². The molecule has 0 aliphatic rings. The minimum atomic E-state index is -4.39. The second-order valence-corrected chi connectivity index (χ2v) is 2.34. The minimum Gasteiger partial charge on any atom is -0.260 e. The molecule has 0 saturated heterocycles. The Morgan fingerprint density at radius 1 is 1.33 bits per heavy atom. The van der Waals surface area contributed by atoms with Gasteiger partial charge in [0.05, 0.1) is 11.9 Å². The Balaban J connectivity index is 2.77. The van der Waals surface area contributed by atoms with Crippen molar-refractivity contribution in [1.82, 2.24) is 9.97 Å². The Bertz CT molecular complexity index is 274. The van der Waals surface area contributed by atoms with Gasteiger partial charge in [-0.15, -0.1) is 0 Å². The minimum absolute atomic E-state index is 0.0336. The number of hydrogen-bond acceptors (Lipinski definition) is 2. The van der Waals surface area contributed by atoms with Gasteiger partial charge in [0, 0.05) is 6.20 Å². The lowest BCUT2D eigenvalue weighted by Gasteiger charge is -2.03. The lowest BCUT2D eigenvalue weighted by molar-refractivity contribution is -0.0931. The molecule has 0 saturated carbocycles. The summed E-state index contributed by atoms with van der Waals surface area (Å²) in [6, 6.07) is 0. The maximum atomic E-state index is 11.7. The van der Waals surface area contributed by atoms with E-state index >= 15 is 0 Å². The summed E-state index contributed by atoms with van der Waals surface area (Å²) in [6.45, 7) is 0. The first-order valence-corrected chi connectivity index (χ1v) is 3.25. The third-order valence-electron chi connectivity index (χ3n) is 0.935. The first kappa shape index (κ1) is 9.25. The average molecular weight is 196 g/mol. The molecule has 1 rings (SSSR count). The summed E-state index contributed by atoms with van der Waals surface area (Å²) in [5.41, 5.74) is -0.296. The molecule has 2 nitrogen and oxygen atoms in total. The largest absolute Gasteiger partial charge is 0.398 e. The summed E-state index contributed by atoms with van der Waals surface area (Å²) in [4.78, 5) is 6.83. The molecule has 0 spiro atoms. The van der Waals surface area contributed by atoms with Crippen LogP contribution in [0.2, 0.25) is 5.15 Å². The van der Waals surface area contributed by atoms with Crippen molar-refractivity contribution in [2.45, 2.75) is 6.18 Å². The predicted octanol–water partition coefficient (Wildman–Crippen LogP) is 2.24. The van der Waals surface area contributed by atoms with Gasteiger partial charge >= 0.3 is 6.18 Å². The summed E-state index contributed by atoms with van der Waals surface area (Å²) in [5, 5.41) is -0.0620. The highest BCUT2D eigenvalue weighted by Crippen LogP contribution is 2.22. The monoisotopic (exact) mass is 195 g/mol. The molecular weight excluding hydrogens is 193 g/mol. The Morgan fingerprint density at radius 3 is 2.50 bits per heavy atom. The van der Waals surface area contributed by atoms with Gasteiger partial charge in [-0.05, 0) is 0 Å². The van der Waals surface area contributed by atoms with Crippen LogP contribution in [0.15, 0.2) is 12.4 Å². The zero-order valence-electron chi connectivity index (χ0n) is 5.64. The normalized spacial score (nSPS) is 11.7. The molecule has 0 aliphatic carbocycles. The summed E-state index contributed by atoms with van der Waals surface area (Å²) in [7, 11) is 0. The van der Waals surface area contributed by atoms with Gasteiger partial charge < -0.3 is 0 Å². The van der Waals surface area contributed by atoms with E-state index in [4.69, 9.17) is 11.6 Å². The molecule has 12 heavy (non-hydrogen) atoms. The summed E-state index contributed by atoms with van der Waals surface area (Å²) in [5.74, 6) is 0. The lowest BCUT2D eigenvalue weighted by Crippen LogP contribution is -2.10. The van der Waals surface area contributed by atoms with Crippen LogP contribution in [0.25, 0.3) is 0 Å². The maximum Gasteiger partial charge on any atom is 0.398 e. The third-order valence-corrected chi connectivity index (χ3v) is 1.12. The fraction of sp³-hybridized carbons (Fsp3) is 0.167. The molecule has 0 bridgehead atoms. The van der Waals surface area contributed by atoms with Crippen molar-refractivity contribution in [2.75, 3.05) is 0 Å². The van der Waals surface area contributed by atoms with Gasteiger partial charge in [0.25, 0.3) is 0 Å². The average Bonchev–Trinajstić information content (AvgIpc) is 1.82. The van der Waals surface area contributed by atoms with Crippen molar-refractivity contribution < 1.29 is 13.2 Å². The van der Waals surface area contributed by atoms with Crippen molar-refractivity contribution in [1.29, 1.82) is 0 Å². The molecule has 0 N–H and O–H groups in total. The molecule has 1 radical (unpaired) electrons. The molecule has 65 valence electrons. The number of halogens is 4. The number of alkyl halides is 3. The van der Waals surface area contributed by atoms with E-state index in [9.17, 15) is 13.2 Å². The quantitative estimate of drug-likeness (QED) is 0.687. The highest BCUT2D eigenvalue weighted by atomic mass is 35.5. The Hall–Kier alpha value is -0.840. The first-order chi connectivity index (χ1) is 5.47. The molecule has 0 unspecified atom stereocenters. The molecule has 1 aromatic rings. The van der Waals surface area contributed by atoms with Crippen LogP contribution in [0.5, 0.6) is 0 Å². The number of nitrogens with zero attached hydrogens (tertiary/aromatic N) is 2. The van der Waals surface area contributed by atoms with Crippen LogP contribution in [0, 0.1) is 6.42 Å². The van der Waals surface area contributed by atoms with Gasteiger partial charge in [0.1, 0.15) is 11.6 Å². The molecule has 0 aliphatic heterocycles. The molecule has 1 heterocycles. The molecule has 0 fully saturated rings. The summed E-state index contributed by atoms with van der Waals surface area (Å²) < 4.78 is 35.1. The fourth-order valence-electron chi connectivity index (χ4n) is 0.593. The SMILES string of the molecule is FC(F)(F)[CH]c1cncc(Cl)n1. The van der Waals surface area contributed by atoms with Gasteiger partial charge in [-0.1, -0.05) is 11.6 Å². The highest BCUT2D eigenvalue weighted by Gasteiger charge is 2.29. The van der Waals surface area contributed by atoms with Crippen LogP contribution in [-0.4, -0.2) is 16.1 Å². The Kier molecular flexibility index (Phi) is 2.52. The Morgan fingerprint density at radius 2 is 2.00 bits per heavy atom. The topological polar surface area (TPSA) is 25.8 Å². The number of rotatable bonds is 1. The fourth-order valence-corrected chi connectivity index (χ4v) is 0.747. The standard InChI is InChI=1S/C6H3ClF3N2/c7-5-3-11-2-4(12-5)1-6(8,9)10/h1-3H. The molecule has 1 aromatic heterocycles. The number of aromatic nitrogens is 2. The summed E-state index contributed by atoms with van der Waals surface area (Å²) in [6.07, 6.45) is -2.21. The zero-order valence-corrected chi connectivity index (χ0v) is 6.39. The third kappa shape index (κ3) is 3.04. The molecule has 0 atom stereocenters. The second kappa shape index (κ2) is 3.26. The van der Waals surface area contributed by atoms with Gasteiger partial charge in [-0.2, -0.15) is 13.2 Å². The smallest absolute Gasteiger partial charge is 0.260 e. The van der Waals surface area contributed by atoms with Crippen LogP contribution in [-0.2, 0) is 0 Å². The van der Waals surface area contributed by atoms with Crippen LogP contribution < -0.4 is 0 Å². The van der Waals surface area contributed by atoms with Crippen molar-refractivity contribution in [2.24, 2.45) is 0 Å². The molecule has 0 aromatic carbocycles. The van der Waals surface area contributed by atoms with Crippen LogP contribution in [0.4, 0.5) is 13.2 Å². The van der Waals surface area contributed by atoms with E-state index in [1.807, 2.05) is 0 Å². The van der Waals surface area contributed by atoms with Crippen LogP contribution >= 0.6 is 11.6 Å². The van der Waals surface area contributed by atoms with Gasteiger partial charge in [-0.3, -0.25) is 4.98 Å². The summed E-state index contributed by atoms with van der Waals surface area (Å²) >= 11 is 5.31. The van der Waals surface area contributed by atoms with E-state index in [0.717, 1.165) is 12.4 Å². The van der Waals surface area contributed by atoms with E-state index in [0.29, 0.717) is 0 Å². The van der Waals surface area contributed by atoms with E-state index in [1.165, 1.54) is 0 Å². The van der Waals surface area contributed by atoms with E-state index in [1.54, 1.807) is 0 Å². The first-order valence-electron chi connectivity index (χ1n) is 2.87. The van der Waals surface area contributed by atoms with E-state index in [2.05, 4.69) is 9.97 Å². The van der Waals surface area contributed by atoms with Gasteiger partial charge in [-0.25, -0.2) is 4.98 Å². The van der Waals surface area contributed by atoms with Crippen molar-refractivity contribution in [3.05, 3.63) is 29.7 Å². The van der Waals surface area contributed by atoms with E-state index < -0.39 is 6.18 Å². The van der Waals surface area contributed by atoms with E-state index in [-0.39, 0.29) is 17.3 Å². The van der Waals surface area contributed by atoms with Gasteiger partial charge in [0.2, 0.25) is 0 Å². The Labute approximate surface area is 71.4 Å². The van der Waals surface area contributed by atoms with Crippen molar-refractivity contribution >= 4 is 11.6 Å². The zero-order chi connectivity index (χ0) is 9.19. The van der Waals surface area contributed by atoms with Crippen molar-refractivity contribution in [3.63, 3.8) is 0 Å². The maximum absolute atomic E-state index is 11.7. The highest BCUT2D eigenvalue weighted by molar-refractivity contribution is 6.29. The number of hydrogen-bond donors (Lipinski definition) is 0. The lowest BCUT2D eigenvalue weighted by atomic mass is 10.3. The molecule has 6 heteroatoms. The van der Waals surface area contributed by atoms with Crippen LogP contribution in [0.3, 0.4) is 0 Å². The molecule has 0 amide bonds.